The van der Waals surface area contributed by atoms with Crippen molar-refractivity contribution in [2.75, 3.05) is 14.2 Å². The van der Waals surface area contributed by atoms with Crippen LogP contribution in [0.5, 0.6) is 5.75 Å². The number of nitrogens with one attached hydrogen (secondary N) is 1. The van der Waals surface area contributed by atoms with Gasteiger partial charge in [0, 0.05) is 19.2 Å². The van der Waals surface area contributed by atoms with Gasteiger partial charge in [0.1, 0.15) is 5.75 Å². The van der Waals surface area contributed by atoms with Gasteiger partial charge in [0.25, 0.3) is 0 Å². The Morgan fingerprint density at radius 1 is 1.17 bits per heavy atom. The summed E-state index contributed by atoms with van der Waals surface area (Å²) in [5, 5.41) is 3.56. The molecule has 0 saturated heterocycles. The van der Waals surface area contributed by atoms with E-state index in [1.807, 2.05) is 12.1 Å². The number of hydrogen-bond acceptors (Lipinski definition) is 3. The summed E-state index contributed by atoms with van der Waals surface area (Å²) in [6.07, 6.45) is 0. The number of benzene rings is 1. The van der Waals surface area contributed by atoms with Gasteiger partial charge in [0.2, 0.25) is 0 Å². The molecule has 0 aliphatic carbocycles. The van der Waals surface area contributed by atoms with Crippen LogP contribution in [0.25, 0.3) is 0 Å². The van der Waals surface area contributed by atoms with Crippen LogP contribution in [0, 0.1) is 0 Å². The van der Waals surface area contributed by atoms with Crippen molar-refractivity contribution in [2.24, 2.45) is 0 Å². The van der Waals surface area contributed by atoms with E-state index in [0.717, 1.165) is 5.75 Å². The van der Waals surface area contributed by atoms with Gasteiger partial charge in [-0.15, -0.1) is 0 Å². The summed E-state index contributed by atoms with van der Waals surface area (Å²) in [6, 6.07) is 8.64. The average molecular weight is 251 g/mol. The third-order valence-corrected chi connectivity index (χ3v) is 3.66. The molecule has 3 heteroatoms. The molecule has 0 aliphatic heterocycles. The molecule has 0 saturated carbocycles. The molecule has 1 aromatic rings. The Balaban J connectivity index is 2.72. The van der Waals surface area contributed by atoms with Crippen molar-refractivity contribution < 1.29 is 9.47 Å². The highest BCUT2D eigenvalue weighted by Crippen LogP contribution is 2.21. The Labute approximate surface area is 110 Å². The predicted molar refractivity (Wildman–Crippen MR) is 75.1 cm³/mol. The number of ether oxygens (including phenoxy) is 2. The number of methoxy groups -OCH3 is 2. The van der Waals surface area contributed by atoms with E-state index >= 15 is 0 Å². The van der Waals surface area contributed by atoms with Crippen LogP contribution in [0.2, 0.25) is 0 Å². The second-order valence-electron chi connectivity index (χ2n) is 5.19. The molecular formula is C15H25NO2. The molecular weight excluding hydrogens is 226 g/mol. The lowest BCUT2D eigenvalue weighted by atomic mass is 9.98. The second-order valence-corrected chi connectivity index (χ2v) is 5.19. The zero-order chi connectivity index (χ0) is 13.8. The number of rotatable bonds is 6. The Bertz CT molecular complexity index is 377. The highest BCUT2D eigenvalue weighted by atomic mass is 16.5. The lowest BCUT2D eigenvalue weighted by molar-refractivity contribution is -0.00765. The lowest BCUT2D eigenvalue weighted by Crippen LogP contribution is -2.46. The molecule has 0 heterocycles. The van der Waals surface area contributed by atoms with Crippen molar-refractivity contribution >= 4 is 0 Å². The largest absolute Gasteiger partial charge is 0.497 e. The summed E-state index contributed by atoms with van der Waals surface area (Å²) in [5.41, 5.74) is 1.03. The smallest absolute Gasteiger partial charge is 0.119 e. The second kappa shape index (κ2) is 6.21. The molecule has 0 bridgehead atoms. The third-order valence-electron chi connectivity index (χ3n) is 3.66. The predicted octanol–water partition coefficient (Wildman–Crippen LogP) is 3.16. The molecule has 0 amide bonds. The van der Waals surface area contributed by atoms with Crippen molar-refractivity contribution in [1.29, 1.82) is 0 Å². The molecule has 1 rings (SSSR count). The first-order valence-electron chi connectivity index (χ1n) is 6.36. The Kier molecular flexibility index (Phi) is 5.17. The Hall–Kier alpha value is -1.06. The fourth-order valence-electron chi connectivity index (χ4n) is 1.76. The van der Waals surface area contributed by atoms with Gasteiger partial charge in [-0.3, -0.25) is 0 Å². The summed E-state index contributed by atoms with van der Waals surface area (Å²) >= 11 is 0. The molecule has 1 N–H and O–H groups in total. The summed E-state index contributed by atoms with van der Waals surface area (Å²) in [5.74, 6) is 0.889. The van der Waals surface area contributed by atoms with Crippen molar-refractivity contribution in [3.63, 3.8) is 0 Å². The van der Waals surface area contributed by atoms with Crippen LogP contribution in [0.15, 0.2) is 24.3 Å². The maximum Gasteiger partial charge on any atom is 0.119 e. The van der Waals surface area contributed by atoms with Crippen LogP contribution in [-0.2, 0) is 4.74 Å². The highest BCUT2D eigenvalue weighted by Gasteiger charge is 2.26. The van der Waals surface area contributed by atoms with Gasteiger partial charge in [-0.2, -0.15) is 0 Å². The van der Waals surface area contributed by atoms with E-state index in [2.05, 4.69) is 45.1 Å². The van der Waals surface area contributed by atoms with E-state index in [4.69, 9.17) is 9.47 Å². The van der Waals surface area contributed by atoms with E-state index in [1.54, 1.807) is 14.2 Å². The maximum atomic E-state index is 5.49. The topological polar surface area (TPSA) is 30.5 Å². The molecule has 102 valence electrons. The van der Waals surface area contributed by atoms with Gasteiger partial charge >= 0.3 is 0 Å². The van der Waals surface area contributed by atoms with Crippen LogP contribution in [0.3, 0.4) is 0 Å². The van der Waals surface area contributed by atoms with Crippen LogP contribution in [-0.4, -0.2) is 25.9 Å². The van der Waals surface area contributed by atoms with Crippen molar-refractivity contribution in [2.45, 2.75) is 45.4 Å². The molecule has 0 spiro atoms. The van der Waals surface area contributed by atoms with Crippen LogP contribution in [0.4, 0.5) is 0 Å². The molecule has 3 nitrogen and oxygen atoms in total. The SMILES string of the molecule is COc1cccc([C@H](C)NC(C)C(C)(C)OC)c1. The molecule has 2 atom stereocenters. The summed E-state index contributed by atoms with van der Waals surface area (Å²) in [4.78, 5) is 0. The normalized spacial score (nSPS) is 15.2. The van der Waals surface area contributed by atoms with Gasteiger partial charge < -0.3 is 14.8 Å². The van der Waals surface area contributed by atoms with Crippen molar-refractivity contribution in [3.05, 3.63) is 29.8 Å². The van der Waals surface area contributed by atoms with Crippen LogP contribution in [0.1, 0.15) is 39.3 Å². The van der Waals surface area contributed by atoms with E-state index in [-0.39, 0.29) is 17.7 Å². The van der Waals surface area contributed by atoms with E-state index in [9.17, 15) is 0 Å². The molecule has 0 aromatic heterocycles. The minimum Gasteiger partial charge on any atom is -0.497 e. The quantitative estimate of drug-likeness (QED) is 0.842. The van der Waals surface area contributed by atoms with Crippen LogP contribution >= 0.6 is 0 Å². The Morgan fingerprint density at radius 3 is 2.39 bits per heavy atom. The van der Waals surface area contributed by atoms with Crippen molar-refractivity contribution in [3.8, 4) is 5.75 Å². The first-order chi connectivity index (χ1) is 8.40. The van der Waals surface area contributed by atoms with E-state index < -0.39 is 0 Å². The molecule has 0 radical (unpaired) electrons. The van der Waals surface area contributed by atoms with Gasteiger partial charge in [0.15, 0.2) is 0 Å². The molecule has 0 aliphatic rings. The van der Waals surface area contributed by atoms with E-state index in [1.165, 1.54) is 5.56 Å². The zero-order valence-electron chi connectivity index (χ0n) is 12.3. The van der Waals surface area contributed by atoms with Gasteiger partial charge in [-0.1, -0.05) is 12.1 Å². The van der Waals surface area contributed by atoms with E-state index in [0.29, 0.717) is 0 Å². The number of hydrogen-bond donors (Lipinski definition) is 1. The highest BCUT2D eigenvalue weighted by molar-refractivity contribution is 5.30. The lowest BCUT2D eigenvalue weighted by Gasteiger charge is -2.33. The first-order valence-corrected chi connectivity index (χ1v) is 6.36. The van der Waals surface area contributed by atoms with Gasteiger partial charge in [-0.25, -0.2) is 0 Å². The first kappa shape index (κ1) is 15.0. The molecule has 18 heavy (non-hydrogen) atoms. The van der Waals surface area contributed by atoms with Crippen LogP contribution < -0.4 is 10.1 Å². The summed E-state index contributed by atoms with van der Waals surface area (Å²) < 4.78 is 10.7. The minimum atomic E-state index is -0.187. The zero-order valence-corrected chi connectivity index (χ0v) is 12.3. The summed E-state index contributed by atoms with van der Waals surface area (Å²) in [6.45, 7) is 8.46. The third kappa shape index (κ3) is 3.72. The molecule has 0 fully saturated rings. The maximum absolute atomic E-state index is 5.49. The monoisotopic (exact) mass is 251 g/mol. The Morgan fingerprint density at radius 2 is 1.83 bits per heavy atom. The molecule has 1 unspecified atom stereocenters. The molecule has 1 aromatic carbocycles. The van der Waals surface area contributed by atoms with Gasteiger partial charge in [0.05, 0.1) is 12.7 Å². The fraction of sp³-hybridized carbons (Fsp3) is 0.600. The van der Waals surface area contributed by atoms with Crippen molar-refractivity contribution in [1.82, 2.24) is 5.32 Å². The average Bonchev–Trinajstić information content (AvgIpc) is 2.38. The summed E-state index contributed by atoms with van der Waals surface area (Å²) in [7, 11) is 3.43. The standard InChI is InChI=1S/C15H25NO2/c1-11(16-12(2)15(3,4)18-6)13-8-7-9-14(10-13)17-5/h7-12,16H,1-6H3/t11-,12?/m0/s1. The van der Waals surface area contributed by atoms with Gasteiger partial charge in [-0.05, 0) is 45.4 Å². The minimum absolute atomic E-state index is 0.187. The fourth-order valence-corrected chi connectivity index (χ4v) is 1.76.